The molecule has 0 bridgehead atoms. The molecule has 1 amide bonds. The van der Waals surface area contributed by atoms with Crippen molar-refractivity contribution < 1.29 is 9.59 Å². The third-order valence-corrected chi connectivity index (χ3v) is 3.10. The maximum atomic E-state index is 11.3. The summed E-state index contributed by atoms with van der Waals surface area (Å²) in [6.45, 7) is 0. The van der Waals surface area contributed by atoms with E-state index in [-0.39, 0.29) is 0 Å². The molecule has 1 N–H and O–H groups in total. The minimum atomic E-state index is -0.581. The van der Waals surface area contributed by atoms with Crippen molar-refractivity contribution in [3.05, 3.63) is 26.6 Å². The molecule has 66 valence electrons. The van der Waals surface area contributed by atoms with Gasteiger partial charge in [0.15, 0.2) is 0 Å². The van der Waals surface area contributed by atoms with E-state index < -0.39 is 11.7 Å². The molecule has 2 rings (SSSR count). The van der Waals surface area contributed by atoms with Gasteiger partial charge in [-0.2, -0.15) is 0 Å². The zero-order chi connectivity index (χ0) is 9.59. The molecule has 1 aromatic rings. The monoisotopic (exact) mass is 303 g/mol. The first-order valence-corrected chi connectivity index (χ1v) is 5.03. The molecule has 1 aliphatic heterocycles. The largest absolute Gasteiger partial charge is 0.317 e. The number of Topliss-reactive ketones (excluding diaryl/α,β-unsaturated/α-hetero) is 1. The van der Waals surface area contributed by atoms with Gasteiger partial charge in [-0.15, -0.1) is 0 Å². The number of ketones is 1. The van der Waals surface area contributed by atoms with Crippen LogP contribution in [0.4, 0.5) is 5.69 Å². The number of anilines is 1. The molecule has 3 nitrogen and oxygen atoms in total. The Morgan fingerprint density at radius 2 is 1.69 bits per heavy atom. The lowest BCUT2D eigenvalue weighted by Crippen LogP contribution is -2.12. The van der Waals surface area contributed by atoms with E-state index in [1.54, 1.807) is 12.1 Å². The topological polar surface area (TPSA) is 46.2 Å². The SMILES string of the molecule is O=C1Nc2c(Br)ccc(Br)c2C1=O. The average Bonchev–Trinajstić information content (AvgIpc) is 2.38. The minimum Gasteiger partial charge on any atom is -0.317 e. The first-order chi connectivity index (χ1) is 6.11. The molecule has 0 saturated heterocycles. The van der Waals surface area contributed by atoms with Crippen molar-refractivity contribution >= 4 is 49.2 Å². The van der Waals surface area contributed by atoms with Crippen molar-refractivity contribution in [3.8, 4) is 0 Å². The van der Waals surface area contributed by atoms with Crippen molar-refractivity contribution in [1.29, 1.82) is 0 Å². The molecule has 0 fully saturated rings. The molecule has 1 aliphatic rings. The smallest absolute Gasteiger partial charge is 0.296 e. The van der Waals surface area contributed by atoms with Crippen LogP contribution in [0.25, 0.3) is 0 Å². The second kappa shape index (κ2) is 2.92. The van der Waals surface area contributed by atoms with Crippen LogP contribution in [0.5, 0.6) is 0 Å². The maximum absolute atomic E-state index is 11.3. The molecule has 1 aromatic carbocycles. The number of carbonyl (C=O) groups is 2. The lowest BCUT2D eigenvalue weighted by Gasteiger charge is -2.01. The first-order valence-electron chi connectivity index (χ1n) is 3.45. The minimum absolute atomic E-state index is 0.402. The van der Waals surface area contributed by atoms with Gasteiger partial charge in [0.1, 0.15) is 0 Å². The molecule has 0 radical (unpaired) electrons. The predicted octanol–water partition coefficient (Wildman–Crippen LogP) is 2.35. The van der Waals surface area contributed by atoms with Crippen LogP contribution in [0, 0.1) is 0 Å². The van der Waals surface area contributed by atoms with Crippen molar-refractivity contribution in [1.82, 2.24) is 0 Å². The van der Waals surface area contributed by atoms with Crippen molar-refractivity contribution in [3.63, 3.8) is 0 Å². The summed E-state index contributed by atoms with van der Waals surface area (Å²) in [5.41, 5.74) is 0.948. The van der Waals surface area contributed by atoms with E-state index in [1.807, 2.05) is 0 Å². The van der Waals surface area contributed by atoms with E-state index in [0.29, 0.717) is 20.2 Å². The molecule has 0 saturated carbocycles. The zero-order valence-electron chi connectivity index (χ0n) is 6.23. The van der Waals surface area contributed by atoms with Crippen LogP contribution in [0.3, 0.4) is 0 Å². The quantitative estimate of drug-likeness (QED) is 0.748. The Morgan fingerprint density at radius 3 is 2.31 bits per heavy atom. The summed E-state index contributed by atoms with van der Waals surface area (Å²) in [6.07, 6.45) is 0. The van der Waals surface area contributed by atoms with Gasteiger partial charge in [-0.05, 0) is 44.0 Å². The highest BCUT2D eigenvalue weighted by Crippen LogP contribution is 2.36. The highest BCUT2D eigenvalue weighted by molar-refractivity contribution is 9.11. The molecular formula is C8H3Br2NO2. The second-order valence-electron chi connectivity index (χ2n) is 2.56. The highest BCUT2D eigenvalue weighted by atomic mass is 79.9. The summed E-state index contributed by atoms with van der Waals surface area (Å²) in [5.74, 6) is -1.08. The normalized spacial score (nSPS) is 14.3. The average molecular weight is 305 g/mol. The molecule has 0 aromatic heterocycles. The van der Waals surface area contributed by atoms with Gasteiger partial charge in [-0.1, -0.05) is 0 Å². The predicted molar refractivity (Wildman–Crippen MR) is 54.8 cm³/mol. The number of fused-ring (bicyclic) bond motifs is 1. The zero-order valence-corrected chi connectivity index (χ0v) is 9.40. The molecule has 13 heavy (non-hydrogen) atoms. The molecule has 0 spiro atoms. The number of nitrogens with one attached hydrogen (secondary N) is 1. The lowest BCUT2D eigenvalue weighted by molar-refractivity contribution is -0.112. The Hall–Kier alpha value is -0.680. The Balaban J connectivity index is 2.75. The highest BCUT2D eigenvalue weighted by Gasteiger charge is 2.31. The fourth-order valence-electron chi connectivity index (χ4n) is 1.18. The van der Waals surface area contributed by atoms with Crippen molar-refractivity contribution in [2.45, 2.75) is 0 Å². The Labute approximate surface area is 90.8 Å². The summed E-state index contributed by atoms with van der Waals surface area (Å²) in [6, 6.07) is 3.49. The molecule has 0 unspecified atom stereocenters. The van der Waals surface area contributed by atoms with Crippen LogP contribution >= 0.6 is 31.9 Å². The van der Waals surface area contributed by atoms with Gasteiger partial charge in [-0.3, -0.25) is 9.59 Å². The third kappa shape index (κ3) is 1.23. The molecule has 1 heterocycles. The summed E-state index contributed by atoms with van der Waals surface area (Å²) in [5, 5.41) is 2.49. The standard InChI is InChI=1S/C8H3Br2NO2/c9-3-1-2-4(10)6-5(3)7(12)8(13)11-6/h1-2H,(H,11,12,13). The fraction of sp³-hybridized carbons (Fsp3) is 0. The first kappa shape index (κ1) is 8.90. The van der Waals surface area contributed by atoms with E-state index >= 15 is 0 Å². The summed E-state index contributed by atoms with van der Waals surface area (Å²) in [7, 11) is 0. The number of benzene rings is 1. The van der Waals surface area contributed by atoms with E-state index in [1.165, 1.54) is 0 Å². The van der Waals surface area contributed by atoms with Gasteiger partial charge < -0.3 is 5.32 Å². The summed E-state index contributed by atoms with van der Waals surface area (Å²) >= 11 is 6.46. The number of rotatable bonds is 0. The number of hydrogen-bond donors (Lipinski definition) is 1. The Kier molecular flexibility index (Phi) is 2.00. The molecule has 5 heteroatoms. The Bertz CT molecular complexity index is 428. The van der Waals surface area contributed by atoms with Gasteiger partial charge in [0.25, 0.3) is 11.7 Å². The number of carbonyl (C=O) groups excluding carboxylic acids is 2. The van der Waals surface area contributed by atoms with Crippen molar-refractivity contribution in [2.75, 3.05) is 5.32 Å². The molecule has 0 atom stereocenters. The summed E-state index contributed by atoms with van der Waals surface area (Å²) < 4.78 is 1.35. The number of halogens is 2. The van der Waals surface area contributed by atoms with Gasteiger partial charge in [-0.25, -0.2) is 0 Å². The number of amides is 1. The molecule has 0 aliphatic carbocycles. The summed E-state index contributed by atoms with van der Waals surface area (Å²) in [4.78, 5) is 22.3. The maximum Gasteiger partial charge on any atom is 0.296 e. The van der Waals surface area contributed by atoms with E-state index in [9.17, 15) is 9.59 Å². The van der Waals surface area contributed by atoms with Crippen LogP contribution in [-0.4, -0.2) is 11.7 Å². The second-order valence-corrected chi connectivity index (χ2v) is 4.27. The Morgan fingerprint density at radius 1 is 1.08 bits per heavy atom. The van der Waals surface area contributed by atoms with Crippen LogP contribution < -0.4 is 5.32 Å². The fourth-order valence-corrected chi connectivity index (χ4v) is 2.12. The lowest BCUT2D eigenvalue weighted by atomic mass is 10.1. The van der Waals surface area contributed by atoms with E-state index in [2.05, 4.69) is 37.2 Å². The van der Waals surface area contributed by atoms with Gasteiger partial charge in [0, 0.05) is 8.95 Å². The van der Waals surface area contributed by atoms with E-state index in [0.717, 1.165) is 0 Å². The van der Waals surface area contributed by atoms with Gasteiger partial charge in [0.2, 0.25) is 0 Å². The van der Waals surface area contributed by atoms with Crippen LogP contribution in [0.1, 0.15) is 10.4 Å². The molecular weight excluding hydrogens is 302 g/mol. The van der Waals surface area contributed by atoms with Crippen molar-refractivity contribution in [2.24, 2.45) is 0 Å². The van der Waals surface area contributed by atoms with Gasteiger partial charge in [0.05, 0.1) is 11.3 Å². The number of hydrogen-bond acceptors (Lipinski definition) is 2. The van der Waals surface area contributed by atoms with Crippen LogP contribution in [0.15, 0.2) is 21.1 Å². The van der Waals surface area contributed by atoms with E-state index in [4.69, 9.17) is 0 Å². The third-order valence-electron chi connectivity index (χ3n) is 1.78. The van der Waals surface area contributed by atoms with Gasteiger partial charge >= 0.3 is 0 Å². The van der Waals surface area contributed by atoms with Crippen LogP contribution in [-0.2, 0) is 4.79 Å². The van der Waals surface area contributed by atoms with Crippen LogP contribution in [0.2, 0.25) is 0 Å².